The smallest absolute Gasteiger partial charge is 0.306 e. The van der Waals surface area contributed by atoms with Gasteiger partial charge in [-0.1, -0.05) is 19.1 Å². The van der Waals surface area contributed by atoms with Gasteiger partial charge in [0.15, 0.2) is 5.96 Å². The van der Waals surface area contributed by atoms with Crippen LogP contribution in [0.4, 0.5) is 11.4 Å². The maximum absolute atomic E-state index is 10.5. The third-order valence-electron chi connectivity index (χ3n) is 3.08. The van der Waals surface area contributed by atoms with Gasteiger partial charge >= 0.3 is 5.69 Å². The lowest BCUT2D eigenvalue weighted by Gasteiger charge is -2.06. The number of anilines is 1. The molecule has 3 N–H and O–H groups in total. The molecule has 1 heterocycles. The number of nitrogens with one attached hydrogen (secondary N) is 1. The van der Waals surface area contributed by atoms with E-state index in [1.807, 2.05) is 24.3 Å². The zero-order chi connectivity index (χ0) is 15.9. The van der Waals surface area contributed by atoms with Crippen LogP contribution in [0.5, 0.6) is 0 Å². The fourth-order valence-corrected chi connectivity index (χ4v) is 1.85. The fourth-order valence-electron chi connectivity index (χ4n) is 1.85. The lowest BCUT2D eigenvalue weighted by atomic mass is 10.1. The molecule has 1 aromatic heterocycles. The van der Waals surface area contributed by atoms with E-state index in [-0.39, 0.29) is 29.7 Å². The predicted molar refractivity (Wildman–Crippen MR) is 100 cm³/mol. The monoisotopic (exact) mass is 430 g/mol. The van der Waals surface area contributed by atoms with E-state index in [1.54, 1.807) is 0 Å². The molecular formula is C14H19IN6O2. The average Bonchev–Trinajstić information content (AvgIpc) is 2.97. The van der Waals surface area contributed by atoms with E-state index < -0.39 is 4.92 Å². The van der Waals surface area contributed by atoms with Crippen LogP contribution in [0.1, 0.15) is 12.5 Å². The third kappa shape index (κ3) is 5.85. The Morgan fingerprint density at radius 3 is 2.70 bits per heavy atom. The Kier molecular flexibility index (Phi) is 7.45. The molecule has 1 aromatic carbocycles. The van der Waals surface area contributed by atoms with Crippen LogP contribution in [0.15, 0.2) is 41.7 Å². The minimum Gasteiger partial charge on any atom is -0.370 e. The zero-order valence-electron chi connectivity index (χ0n) is 12.7. The van der Waals surface area contributed by atoms with Crippen molar-refractivity contribution in [1.29, 1.82) is 0 Å². The summed E-state index contributed by atoms with van der Waals surface area (Å²) in [6.07, 6.45) is 3.56. The van der Waals surface area contributed by atoms with Crippen LogP contribution in [0.2, 0.25) is 0 Å². The molecule has 0 aliphatic carbocycles. The van der Waals surface area contributed by atoms with E-state index in [0.29, 0.717) is 19.0 Å². The SMILES string of the molecule is CCc1ccc(NC(N)=NCCn2cc([N+](=O)[O-])cn2)cc1.I. The van der Waals surface area contributed by atoms with E-state index in [1.165, 1.54) is 22.6 Å². The number of hydrogen-bond acceptors (Lipinski definition) is 4. The lowest BCUT2D eigenvalue weighted by Crippen LogP contribution is -2.23. The van der Waals surface area contributed by atoms with Gasteiger partial charge in [-0.2, -0.15) is 5.10 Å². The van der Waals surface area contributed by atoms with E-state index >= 15 is 0 Å². The normalized spacial score (nSPS) is 10.9. The number of nitro groups is 1. The fraction of sp³-hybridized carbons (Fsp3) is 0.286. The summed E-state index contributed by atoms with van der Waals surface area (Å²) in [6.45, 7) is 2.90. The molecule has 0 saturated heterocycles. The molecule has 0 saturated carbocycles. The first-order valence-electron chi connectivity index (χ1n) is 6.91. The molecule has 0 atom stereocenters. The van der Waals surface area contributed by atoms with Crippen molar-refractivity contribution in [1.82, 2.24) is 9.78 Å². The summed E-state index contributed by atoms with van der Waals surface area (Å²) in [6, 6.07) is 7.94. The summed E-state index contributed by atoms with van der Waals surface area (Å²) in [5.74, 6) is 0.297. The van der Waals surface area contributed by atoms with E-state index in [9.17, 15) is 10.1 Å². The largest absolute Gasteiger partial charge is 0.370 e. The molecule has 0 spiro atoms. The van der Waals surface area contributed by atoms with Gasteiger partial charge in [0.2, 0.25) is 0 Å². The Balaban J connectivity index is 0.00000264. The Bertz CT molecular complexity index is 668. The topological polar surface area (TPSA) is 111 Å². The Morgan fingerprint density at radius 1 is 1.43 bits per heavy atom. The minimum absolute atomic E-state index is 0. The number of aryl methyl sites for hydroxylation is 1. The molecule has 2 rings (SSSR count). The summed E-state index contributed by atoms with van der Waals surface area (Å²) in [5.41, 5.74) is 7.88. The number of nitrogens with two attached hydrogens (primary N) is 1. The van der Waals surface area contributed by atoms with Crippen LogP contribution in [-0.4, -0.2) is 27.2 Å². The number of nitrogens with zero attached hydrogens (tertiary/aromatic N) is 4. The molecule has 23 heavy (non-hydrogen) atoms. The molecule has 2 aromatic rings. The number of rotatable bonds is 6. The minimum atomic E-state index is -0.483. The van der Waals surface area contributed by atoms with Gasteiger partial charge in [-0.15, -0.1) is 24.0 Å². The van der Waals surface area contributed by atoms with Gasteiger partial charge in [0, 0.05) is 5.69 Å². The second-order valence-electron chi connectivity index (χ2n) is 4.66. The summed E-state index contributed by atoms with van der Waals surface area (Å²) >= 11 is 0. The van der Waals surface area contributed by atoms with Gasteiger partial charge in [-0.05, 0) is 24.1 Å². The maximum Gasteiger partial charge on any atom is 0.306 e. The van der Waals surface area contributed by atoms with Crippen molar-refractivity contribution in [2.24, 2.45) is 10.7 Å². The first-order chi connectivity index (χ1) is 10.6. The number of benzene rings is 1. The van der Waals surface area contributed by atoms with Gasteiger partial charge in [0.1, 0.15) is 12.4 Å². The van der Waals surface area contributed by atoms with Crippen LogP contribution in [0.3, 0.4) is 0 Å². The highest BCUT2D eigenvalue weighted by molar-refractivity contribution is 14.0. The van der Waals surface area contributed by atoms with Crippen LogP contribution in [-0.2, 0) is 13.0 Å². The molecule has 124 valence electrons. The summed E-state index contributed by atoms with van der Waals surface area (Å²) in [5, 5.41) is 17.4. The molecule has 0 unspecified atom stereocenters. The number of hydrogen-bond donors (Lipinski definition) is 2. The third-order valence-corrected chi connectivity index (χ3v) is 3.08. The summed E-state index contributed by atoms with van der Waals surface area (Å²) in [4.78, 5) is 14.2. The molecule has 9 heteroatoms. The second kappa shape index (κ2) is 9.08. The van der Waals surface area contributed by atoms with Gasteiger partial charge in [-0.25, -0.2) is 0 Å². The Morgan fingerprint density at radius 2 is 2.13 bits per heavy atom. The van der Waals surface area contributed by atoms with E-state index in [4.69, 9.17) is 5.73 Å². The maximum atomic E-state index is 10.5. The van der Waals surface area contributed by atoms with Crippen molar-refractivity contribution < 1.29 is 4.92 Å². The molecule has 0 aliphatic rings. The van der Waals surface area contributed by atoms with E-state index in [0.717, 1.165) is 12.1 Å². The molecule has 0 fully saturated rings. The number of aliphatic imine (C=N–C) groups is 1. The van der Waals surface area contributed by atoms with Crippen molar-refractivity contribution in [2.75, 3.05) is 11.9 Å². The van der Waals surface area contributed by atoms with Crippen molar-refractivity contribution in [2.45, 2.75) is 19.9 Å². The summed E-state index contributed by atoms with van der Waals surface area (Å²) in [7, 11) is 0. The second-order valence-corrected chi connectivity index (χ2v) is 4.66. The number of guanidine groups is 1. The first-order valence-corrected chi connectivity index (χ1v) is 6.91. The molecule has 0 aliphatic heterocycles. The molecule has 8 nitrogen and oxygen atoms in total. The van der Waals surface area contributed by atoms with Gasteiger partial charge in [0.05, 0.1) is 18.0 Å². The van der Waals surface area contributed by atoms with Crippen LogP contribution < -0.4 is 11.1 Å². The van der Waals surface area contributed by atoms with Crippen molar-refractivity contribution in [3.63, 3.8) is 0 Å². The van der Waals surface area contributed by atoms with Crippen LogP contribution in [0, 0.1) is 10.1 Å². The van der Waals surface area contributed by atoms with Crippen LogP contribution in [0.25, 0.3) is 0 Å². The number of aromatic nitrogens is 2. The first kappa shape index (κ1) is 18.9. The highest BCUT2D eigenvalue weighted by Gasteiger charge is 2.07. The average molecular weight is 430 g/mol. The highest BCUT2D eigenvalue weighted by atomic mass is 127. The van der Waals surface area contributed by atoms with Crippen molar-refractivity contribution in [3.05, 3.63) is 52.3 Å². The molecular weight excluding hydrogens is 411 g/mol. The molecule has 0 bridgehead atoms. The number of halogens is 1. The highest BCUT2D eigenvalue weighted by Crippen LogP contribution is 2.09. The van der Waals surface area contributed by atoms with Gasteiger partial charge in [0.25, 0.3) is 0 Å². The van der Waals surface area contributed by atoms with Gasteiger partial charge < -0.3 is 11.1 Å². The Labute approximate surface area is 151 Å². The quantitative estimate of drug-likeness (QED) is 0.240. The van der Waals surface area contributed by atoms with E-state index in [2.05, 4.69) is 22.3 Å². The summed E-state index contributed by atoms with van der Waals surface area (Å²) < 4.78 is 1.46. The van der Waals surface area contributed by atoms with Crippen molar-refractivity contribution in [3.8, 4) is 0 Å². The van der Waals surface area contributed by atoms with Crippen molar-refractivity contribution >= 4 is 41.3 Å². The lowest BCUT2D eigenvalue weighted by molar-refractivity contribution is -0.385. The zero-order valence-corrected chi connectivity index (χ0v) is 15.0. The molecule has 0 amide bonds. The van der Waals surface area contributed by atoms with Crippen LogP contribution >= 0.6 is 24.0 Å². The van der Waals surface area contributed by atoms with Gasteiger partial charge in [-0.3, -0.25) is 19.8 Å². The Hall–Kier alpha value is -2.17. The standard InChI is InChI=1S/C14H18N6O2.HI/c1-2-11-3-5-12(6-4-11)18-14(15)16-7-8-19-10-13(9-17-19)20(21)22;/h3-6,9-10H,2,7-8H2,1H3,(H3,15,16,18);1H. The molecule has 0 radical (unpaired) electrons. The predicted octanol–water partition coefficient (Wildman–Crippen LogP) is 2.40.